The van der Waals surface area contributed by atoms with E-state index >= 15 is 0 Å². The van der Waals surface area contributed by atoms with E-state index in [0.717, 1.165) is 0 Å². The van der Waals surface area contributed by atoms with Crippen LogP contribution in [0.2, 0.25) is 0 Å². The zero-order valence-electron chi connectivity index (χ0n) is 15.6. The molecule has 0 unspecified atom stereocenters. The van der Waals surface area contributed by atoms with Crippen LogP contribution in [0.3, 0.4) is 0 Å². The van der Waals surface area contributed by atoms with Crippen molar-refractivity contribution < 1.29 is 16.8 Å². The van der Waals surface area contributed by atoms with Crippen molar-refractivity contribution in [3.8, 4) is 0 Å². The van der Waals surface area contributed by atoms with Crippen LogP contribution >= 0.6 is 0 Å². The normalized spacial score (nSPS) is 21.6. The summed E-state index contributed by atoms with van der Waals surface area (Å²) in [6, 6.07) is 0. The third-order valence-corrected chi connectivity index (χ3v) is 9.35. The average Bonchev–Trinajstić information content (AvgIpc) is 2.39. The lowest BCUT2D eigenvalue weighted by atomic mass is 10.2. The van der Waals surface area contributed by atoms with Crippen molar-refractivity contribution in [3.63, 3.8) is 0 Å². The topological polar surface area (TPSA) is 95.9 Å². The summed E-state index contributed by atoms with van der Waals surface area (Å²) in [5, 5.41) is 3.13. The quantitative estimate of drug-likeness (QED) is 0.568. The predicted molar refractivity (Wildman–Crippen MR) is 99.0 cm³/mol. The maximum absolute atomic E-state index is 12.2. The number of hydrogen-bond donors (Lipinski definition) is 1. The highest BCUT2D eigenvalue weighted by Gasteiger charge is 2.41. The first kappa shape index (κ1) is 21.2. The third-order valence-electron chi connectivity index (χ3n) is 4.23. The van der Waals surface area contributed by atoms with E-state index in [2.05, 4.69) is 10.3 Å². The zero-order chi connectivity index (χ0) is 18.8. The summed E-state index contributed by atoms with van der Waals surface area (Å²) in [6.07, 6.45) is 0. The van der Waals surface area contributed by atoms with Gasteiger partial charge in [-0.2, -0.15) is 0 Å². The van der Waals surface area contributed by atoms with Gasteiger partial charge in [0.05, 0.1) is 27.5 Å². The Morgan fingerprint density at radius 1 is 1.29 bits per heavy atom. The van der Waals surface area contributed by atoms with Crippen molar-refractivity contribution in [2.45, 2.75) is 51.0 Å². The molecule has 0 aromatic rings. The molecule has 142 valence electrons. The summed E-state index contributed by atoms with van der Waals surface area (Å²) >= 11 is 0. The van der Waals surface area contributed by atoms with Gasteiger partial charge >= 0.3 is 0 Å². The Kier molecular flexibility index (Phi) is 6.36. The highest BCUT2D eigenvalue weighted by atomic mass is 32.2. The smallest absolute Gasteiger partial charge is 0.194 e. The molecule has 0 aliphatic carbocycles. The van der Waals surface area contributed by atoms with E-state index in [1.54, 1.807) is 34.6 Å². The van der Waals surface area contributed by atoms with E-state index in [0.29, 0.717) is 25.6 Å². The minimum Gasteiger partial charge on any atom is -0.357 e. The molecule has 0 spiro atoms. The van der Waals surface area contributed by atoms with Gasteiger partial charge in [-0.25, -0.2) is 16.8 Å². The van der Waals surface area contributed by atoms with Gasteiger partial charge < -0.3 is 10.2 Å². The molecule has 0 atom stereocenters. The molecular weight excluding hydrogens is 350 g/mol. The summed E-state index contributed by atoms with van der Waals surface area (Å²) in [4.78, 5) is 6.30. The molecule has 1 heterocycles. The summed E-state index contributed by atoms with van der Waals surface area (Å²) in [5.41, 5.74) is 0. The molecule has 7 nitrogen and oxygen atoms in total. The van der Waals surface area contributed by atoms with E-state index in [-0.39, 0.29) is 18.1 Å². The van der Waals surface area contributed by atoms with Crippen molar-refractivity contribution in [1.29, 1.82) is 0 Å². The molecule has 1 rings (SSSR count). The Hall–Kier alpha value is -0.830. The largest absolute Gasteiger partial charge is 0.357 e. The Morgan fingerprint density at radius 3 is 2.33 bits per heavy atom. The first-order chi connectivity index (χ1) is 10.7. The molecule has 1 aliphatic rings. The van der Waals surface area contributed by atoms with Gasteiger partial charge in [-0.1, -0.05) is 0 Å². The lowest BCUT2D eigenvalue weighted by Crippen LogP contribution is -2.57. The molecule has 0 radical (unpaired) electrons. The van der Waals surface area contributed by atoms with Gasteiger partial charge in [-0.15, -0.1) is 0 Å². The lowest BCUT2D eigenvalue weighted by Gasteiger charge is -2.39. The van der Waals surface area contributed by atoms with E-state index in [1.807, 2.05) is 11.8 Å². The number of nitrogens with zero attached hydrogens (tertiary/aromatic N) is 2. The van der Waals surface area contributed by atoms with Crippen molar-refractivity contribution in [2.24, 2.45) is 4.99 Å². The van der Waals surface area contributed by atoms with E-state index in [1.165, 1.54) is 0 Å². The van der Waals surface area contributed by atoms with Crippen LogP contribution in [-0.4, -0.2) is 74.9 Å². The molecular formula is C15H31N3O4S2. The van der Waals surface area contributed by atoms with Gasteiger partial charge in [-0.3, -0.25) is 4.99 Å². The highest BCUT2D eigenvalue weighted by Crippen LogP contribution is 2.23. The van der Waals surface area contributed by atoms with Crippen LogP contribution in [0, 0.1) is 0 Å². The molecule has 9 heteroatoms. The Labute approximate surface area is 146 Å². The fraction of sp³-hybridized carbons (Fsp3) is 0.933. The molecule has 1 fully saturated rings. The Morgan fingerprint density at radius 2 is 1.88 bits per heavy atom. The zero-order valence-corrected chi connectivity index (χ0v) is 17.2. The van der Waals surface area contributed by atoms with Gasteiger partial charge in [0.2, 0.25) is 0 Å². The number of nitrogens with one attached hydrogen (secondary N) is 1. The molecule has 0 aromatic carbocycles. The Balaban J connectivity index is 2.88. The second-order valence-electron chi connectivity index (χ2n) is 7.67. The number of sulfone groups is 2. The van der Waals surface area contributed by atoms with Gasteiger partial charge in [-0.05, 0) is 41.5 Å². The summed E-state index contributed by atoms with van der Waals surface area (Å²) < 4.78 is 46.9. The first-order valence-electron chi connectivity index (χ1n) is 8.21. The molecule has 24 heavy (non-hydrogen) atoms. The standard InChI is InChI=1S/C15H31N3O4S2/c1-7-16-13(17-8-10-23(19,20)14(2,3)4)18-9-11-24(21,22)15(5,6)12-18/h7-12H2,1-6H3,(H,16,17). The van der Waals surface area contributed by atoms with E-state index in [4.69, 9.17) is 0 Å². The number of guanidine groups is 1. The molecule has 1 aliphatic heterocycles. The summed E-state index contributed by atoms with van der Waals surface area (Å²) in [7, 11) is -6.36. The van der Waals surface area contributed by atoms with Crippen LogP contribution in [0.1, 0.15) is 41.5 Å². The number of hydrogen-bond acceptors (Lipinski definition) is 5. The van der Waals surface area contributed by atoms with Crippen LogP contribution in [0.5, 0.6) is 0 Å². The van der Waals surface area contributed by atoms with Gasteiger partial charge in [0.25, 0.3) is 0 Å². The first-order valence-corrected chi connectivity index (χ1v) is 11.5. The van der Waals surface area contributed by atoms with Gasteiger partial charge in [0.1, 0.15) is 0 Å². The van der Waals surface area contributed by atoms with E-state index in [9.17, 15) is 16.8 Å². The number of aliphatic imine (C=N–C) groups is 1. The molecule has 0 saturated carbocycles. The highest BCUT2D eigenvalue weighted by molar-refractivity contribution is 7.93. The molecule has 0 amide bonds. The Bertz CT molecular complexity index is 674. The SMILES string of the molecule is CCNC(=NCCS(=O)(=O)C(C)(C)C)N1CCS(=O)(=O)C(C)(C)C1. The predicted octanol–water partition coefficient (Wildman–Crippen LogP) is 0.674. The molecule has 1 N–H and O–H groups in total. The van der Waals surface area contributed by atoms with Crippen molar-refractivity contribution >= 4 is 25.6 Å². The van der Waals surface area contributed by atoms with Crippen LogP contribution in [-0.2, 0) is 19.7 Å². The van der Waals surface area contributed by atoms with Gasteiger partial charge in [0.15, 0.2) is 25.6 Å². The minimum atomic E-state index is -3.23. The third kappa shape index (κ3) is 4.84. The van der Waals surface area contributed by atoms with Crippen LogP contribution in [0.4, 0.5) is 0 Å². The summed E-state index contributed by atoms with van der Waals surface area (Å²) in [6.45, 7) is 11.9. The maximum Gasteiger partial charge on any atom is 0.194 e. The second-order valence-corrected chi connectivity index (χ2v) is 13.3. The minimum absolute atomic E-state index is 0.0269. The maximum atomic E-state index is 12.2. The molecule has 0 aromatic heterocycles. The average molecular weight is 382 g/mol. The van der Waals surface area contributed by atoms with Crippen LogP contribution < -0.4 is 5.32 Å². The summed E-state index contributed by atoms with van der Waals surface area (Å²) in [5.74, 6) is 0.621. The molecule has 1 saturated heterocycles. The lowest BCUT2D eigenvalue weighted by molar-refractivity contribution is 0.353. The monoisotopic (exact) mass is 381 g/mol. The van der Waals surface area contributed by atoms with Gasteiger partial charge in [0, 0.05) is 19.6 Å². The van der Waals surface area contributed by atoms with Crippen molar-refractivity contribution in [3.05, 3.63) is 0 Å². The molecule has 0 bridgehead atoms. The fourth-order valence-electron chi connectivity index (χ4n) is 2.33. The fourth-order valence-corrected chi connectivity index (χ4v) is 4.64. The number of rotatable bonds is 4. The second kappa shape index (κ2) is 7.19. The van der Waals surface area contributed by atoms with Crippen molar-refractivity contribution in [1.82, 2.24) is 10.2 Å². The van der Waals surface area contributed by atoms with Crippen LogP contribution in [0.15, 0.2) is 4.99 Å². The van der Waals surface area contributed by atoms with E-state index < -0.39 is 29.2 Å². The van der Waals surface area contributed by atoms with Crippen LogP contribution in [0.25, 0.3) is 0 Å². The van der Waals surface area contributed by atoms with Crippen molar-refractivity contribution in [2.75, 3.05) is 37.7 Å².